The smallest absolute Gasteiger partial charge is 0.159 e. The van der Waals surface area contributed by atoms with Crippen LogP contribution in [0.1, 0.15) is 22.3 Å². The number of nitrogens with zero attached hydrogens (tertiary/aromatic N) is 2. The number of hydrogen-bond donors (Lipinski definition) is 1. The van der Waals surface area contributed by atoms with Gasteiger partial charge in [0.2, 0.25) is 0 Å². The number of carbonyl (C=O) groups excluding carboxylic acids is 1. The molecule has 0 aliphatic carbocycles. The molecule has 0 spiro atoms. The number of carbonyl (C=O) groups is 1. The average molecular weight is 424 g/mol. The fourth-order valence-corrected chi connectivity index (χ4v) is 3.31. The summed E-state index contributed by atoms with van der Waals surface area (Å²) >= 11 is 4.84. The van der Waals surface area contributed by atoms with Crippen LogP contribution in [0.4, 0.5) is 5.69 Å². The summed E-state index contributed by atoms with van der Waals surface area (Å²) in [7, 11) is 0. The van der Waals surface area contributed by atoms with Crippen molar-refractivity contribution >= 4 is 44.3 Å². The number of allylic oxidation sites excluding steroid dienone is 1. The Labute approximate surface area is 164 Å². The summed E-state index contributed by atoms with van der Waals surface area (Å²) in [5.41, 5.74) is 3.74. The van der Waals surface area contributed by atoms with E-state index in [0.29, 0.717) is 16.1 Å². The Hall–Kier alpha value is -2.75. The van der Waals surface area contributed by atoms with E-state index in [4.69, 9.17) is 0 Å². The molecule has 0 saturated carbocycles. The van der Waals surface area contributed by atoms with Gasteiger partial charge in [0.1, 0.15) is 16.6 Å². The van der Waals surface area contributed by atoms with Crippen LogP contribution < -0.4 is 5.32 Å². The lowest BCUT2D eigenvalue weighted by Gasteiger charge is -2.02. The predicted octanol–water partition coefficient (Wildman–Crippen LogP) is 5.75. The highest BCUT2D eigenvalue weighted by Crippen LogP contribution is 2.27. The van der Waals surface area contributed by atoms with Crippen LogP contribution in [0.15, 0.2) is 64.6 Å². The highest BCUT2D eigenvalue weighted by atomic mass is 79.9. The van der Waals surface area contributed by atoms with Crippen molar-refractivity contribution in [2.45, 2.75) is 6.92 Å². The van der Waals surface area contributed by atoms with E-state index in [-0.39, 0.29) is 5.78 Å². The first kappa shape index (κ1) is 18.1. The maximum atomic E-state index is 11.3. The van der Waals surface area contributed by atoms with Crippen molar-refractivity contribution in [1.82, 2.24) is 4.98 Å². The minimum Gasteiger partial charge on any atom is -0.360 e. The summed E-state index contributed by atoms with van der Waals surface area (Å²) in [4.78, 5) is 15.9. The molecule has 0 aliphatic rings. The zero-order chi connectivity index (χ0) is 18.5. The van der Waals surface area contributed by atoms with Crippen molar-refractivity contribution in [2.24, 2.45) is 0 Å². The predicted molar refractivity (Wildman–Crippen MR) is 109 cm³/mol. The maximum absolute atomic E-state index is 11.3. The summed E-state index contributed by atoms with van der Waals surface area (Å²) in [6, 6.07) is 17.2. The Kier molecular flexibility index (Phi) is 5.61. The van der Waals surface area contributed by atoms with Gasteiger partial charge in [-0.2, -0.15) is 5.26 Å². The first-order valence-corrected chi connectivity index (χ1v) is 9.44. The van der Waals surface area contributed by atoms with Crippen molar-refractivity contribution in [3.8, 4) is 17.3 Å². The minimum absolute atomic E-state index is 0.0214. The number of halogens is 1. The molecule has 4 nitrogen and oxygen atoms in total. The fourth-order valence-electron chi connectivity index (χ4n) is 2.25. The summed E-state index contributed by atoms with van der Waals surface area (Å²) < 4.78 is 1.01. The molecule has 2 aromatic carbocycles. The van der Waals surface area contributed by atoms with Crippen molar-refractivity contribution < 1.29 is 4.79 Å². The van der Waals surface area contributed by atoms with E-state index in [1.165, 1.54) is 18.3 Å². The number of rotatable bonds is 5. The van der Waals surface area contributed by atoms with Crippen LogP contribution in [-0.2, 0) is 0 Å². The molecule has 0 atom stereocenters. The van der Waals surface area contributed by atoms with Crippen molar-refractivity contribution in [3.63, 3.8) is 0 Å². The van der Waals surface area contributed by atoms with E-state index in [1.54, 1.807) is 30.5 Å². The Morgan fingerprint density at radius 2 is 1.88 bits per heavy atom. The number of aromatic nitrogens is 1. The number of nitriles is 1. The molecular weight excluding hydrogens is 410 g/mol. The zero-order valence-electron chi connectivity index (χ0n) is 13.9. The van der Waals surface area contributed by atoms with E-state index >= 15 is 0 Å². The lowest BCUT2D eigenvalue weighted by atomic mass is 10.1. The molecule has 0 saturated heterocycles. The number of ketones is 1. The van der Waals surface area contributed by atoms with Gasteiger partial charge in [0.25, 0.3) is 0 Å². The van der Waals surface area contributed by atoms with Gasteiger partial charge < -0.3 is 5.32 Å². The van der Waals surface area contributed by atoms with E-state index < -0.39 is 0 Å². The molecule has 3 aromatic rings. The van der Waals surface area contributed by atoms with Gasteiger partial charge in [0.05, 0.1) is 5.69 Å². The highest BCUT2D eigenvalue weighted by molar-refractivity contribution is 9.10. The molecule has 1 heterocycles. The van der Waals surface area contributed by atoms with Gasteiger partial charge in [-0.3, -0.25) is 4.79 Å². The molecule has 1 N–H and O–H groups in total. The zero-order valence-corrected chi connectivity index (χ0v) is 16.3. The number of thiazole rings is 1. The molecule has 3 rings (SSSR count). The van der Waals surface area contributed by atoms with Crippen LogP contribution in [0.3, 0.4) is 0 Å². The Morgan fingerprint density at radius 3 is 2.50 bits per heavy atom. The molecule has 26 heavy (non-hydrogen) atoms. The van der Waals surface area contributed by atoms with E-state index in [0.717, 1.165) is 21.4 Å². The number of benzene rings is 2. The Balaban J connectivity index is 1.78. The normalized spacial score (nSPS) is 11.0. The highest BCUT2D eigenvalue weighted by Gasteiger charge is 2.09. The summed E-state index contributed by atoms with van der Waals surface area (Å²) in [5.74, 6) is 0.0214. The third kappa shape index (κ3) is 4.26. The second kappa shape index (κ2) is 8.09. The molecule has 128 valence electrons. The van der Waals surface area contributed by atoms with Gasteiger partial charge in [-0.25, -0.2) is 4.98 Å². The molecule has 6 heteroatoms. The minimum atomic E-state index is 0.0214. The van der Waals surface area contributed by atoms with Gasteiger partial charge in [0, 0.05) is 32.9 Å². The molecule has 0 bridgehead atoms. The van der Waals surface area contributed by atoms with Gasteiger partial charge in [0.15, 0.2) is 5.78 Å². The monoisotopic (exact) mass is 423 g/mol. The van der Waals surface area contributed by atoms with Crippen molar-refractivity contribution in [3.05, 3.63) is 75.2 Å². The van der Waals surface area contributed by atoms with Gasteiger partial charge in [-0.05, 0) is 43.3 Å². The van der Waals surface area contributed by atoms with Gasteiger partial charge in [-0.1, -0.05) is 28.1 Å². The van der Waals surface area contributed by atoms with Gasteiger partial charge in [-0.15, -0.1) is 11.3 Å². The largest absolute Gasteiger partial charge is 0.360 e. The summed E-state index contributed by atoms with van der Waals surface area (Å²) in [5, 5.41) is 15.1. The molecule has 1 aromatic heterocycles. The van der Waals surface area contributed by atoms with E-state index in [9.17, 15) is 10.1 Å². The summed E-state index contributed by atoms with van der Waals surface area (Å²) in [6.07, 6.45) is 1.63. The quantitative estimate of drug-likeness (QED) is 0.418. The molecule has 0 aliphatic heterocycles. The topological polar surface area (TPSA) is 65.8 Å². The molecule has 0 radical (unpaired) electrons. The molecular formula is C20H14BrN3OS. The number of hydrogen-bond acceptors (Lipinski definition) is 5. The van der Waals surface area contributed by atoms with Crippen LogP contribution in [0, 0.1) is 11.3 Å². The molecule has 0 fully saturated rings. The SMILES string of the molecule is CC(=O)c1ccc(NC=C(C#N)c2nc(-c3ccc(Br)cc3)cs2)cc1. The standard InChI is InChI=1S/C20H14BrN3OS/c1-13(25)14-4-8-18(9-5-14)23-11-16(10-22)20-24-19(12-26-20)15-2-6-17(21)7-3-15/h2-9,11-12,23H,1H3. The fraction of sp³-hybridized carbons (Fsp3) is 0.0500. The van der Waals surface area contributed by atoms with Crippen LogP contribution in [0.5, 0.6) is 0 Å². The van der Waals surface area contributed by atoms with Crippen molar-refractivity contribution in [1.29, 1.82) is 5.26 Å². The third-order valence-corrected chi connectivity index (χ3v) is 5.07. The molecule has 0 amide bonds. The van der Waals surface area contributed by atoms with Crippen LogP contribution in [0.25, 0.3) is 16.8 Å². The summed E-state index contributed by atoms with van der Waals surface area (Å²) in [6.45, 7) is 1.53. The first-order valence-electron chi connectivity index (χ1n) is 7.76. The van der Waals surface area contributed by atoms with Gasteiger partial charge >= 0.3 is 0 Å². The molecule has 0 unspecified atom stereocenters. The van der Waals surface area contributed by atoms with E-state index in [1.807, 2.05) is 29.6 Å². The first-order chi connectivity index (χ1) is 12.6. The van der Waals surface area contributed by atoms with Crippen molar-refractivity contribution in [2.75, 3.05) is 5.32 Å². The lowest BCUT2D eigenvalue weighted by molar-refractivity contribution is 0.101. The Bertz CT molecular complexity index is 999. The van der Waals surface area contributed by atoms with E-state index in [2.05, 4.69) is 32.3 Å². The van der Waals surface area contributed by atoms with Crippen LogP contribution >= 0.6 is 27.3 Å². The van der Waals surface area contributed by atoms with Crippen LogP contribution in [-0.4, -0.2) is 10.8 Å². The number of Topliss-reactive ketones (excluding diaryl/α,β-unsaturated/α-hetero) is 1. The second-order valence-electron chi connectivity index (χ2n) is 5.49. The van der Waals surface area contributed by atoms with Crippen LogP contribution in [0.2, 0.25) is 0 Å². The average Bonchev–Trinajstić information content (AvgIpc) is 3.13. The number of nitrogens with one attached hydrogen (secondary N) is 1. The number of anilines is 1. The lowest BCUT2D eigenvalue weighted by Crippen LogP contribution is -1.94. The second-order valence-corrected chi connectivity index (χ2v) is 7.27. The Morgan fingerprint density at radius 1 is 1.19 bits per heavy atom. The maximum Gasteiger partial charge on any atom is 0.159 e. The third-order valence-electron chi connectivity index (χ3n) is 3.67.